The molecule has 0 bridgehead atoms. The minimum Gasteiger partial charge on any atom is -0.304 e. The lowest BCUT2D eigenvalue weighted by atomic mass is 10.1. The third-order valence-corrected chi connectivity index (χ3v) is 1.57. The first-order valence-electron chi connectivity index (χ1n) is 3.27. The van der Waals surface area contributed by atoms with E-state index < -0.39 is 0 Å². The molecule has 1 heterocycles. The molecule has 1 rings (SSSR count). The highest BCUT2D eigenvalue weighted by molar-refractivity contribution is 4.66. The molecule has 0 aromatic carbocycles. The van der Waals surface area contributed by atoms with Crippen LogP contribution < -0.4 is 10.6 Å². The molecule has 0 saturated carbocycles. The molecule has 1 aliphatic rings. The Balaban J connectivity index is 2.13. The molecule has 0 spiro atoms. The summed E-state index contributed by atoms with van der Waals surface area (Å²) >= 11 is 0. The average Bonchev–Trinajstić information content (AvgIpc) is 1.90. The summed E-state index contributed by atoms with van der Waals surface area (Å²) in [4.78, 5) is 0. The zero-order valence-electron chi connectivity index (χ0n) is 5.35. The molecule has 1 saturated heterocycles. The summed E-state index contributed by atoms with van der Waals surface area (Å²) < 4.78 is 0. The summed E-state index contributed by atoms with van der Waals surface area (Å²) in [6, 6.07) is 0. The molecule has 0 aliphatic carbocycles. The van der Waals surface area contributed by atoms with E-state index in [4.69, 9.17) is 0 Å². The summed E-state index contributed by atoms with van der Waals surface area (Å²) in [7, 11) is 1.97. The first-order valence-corrected chi connectivity index (χ1v) is 3.27. The van der Waals surface area contributed by atoms with Crippen LogP contribution in [0.4, 0.5) is 0 Å². The van der Waals surface area contributed by atoms with E-state index in [0.717, 1.165) is 6.54 Å². The molecule has 8 heavy (non-hydrogen) atoms. The van der Waals surface area contributed by atoms with Crippen molar-refractivity contribution in [2.45, 2.75) is 25.4 Å². The monoisotopic (exact) mass is 113 g/mol. The van der Waals surface area contributed by atoms with Crippen LogP contribution >= 0.6 is 0 Å². The van der Waals surface area contributed by atoms with Gasteiger partial charge in [0.25, 0.3) is 0 Å². The molecule has 1 fully saturated rings. The molecule has 1 aliphatic heterocycles. The van der Waals surface area contributed by atoms with Gasteiger partial charge < -0.3 is 5.32 Å². The summed E-state index contributed by atoms with van der Waals surface area (Å²) in [5, 5.41) is 7.47. The maximum absolute atomic E-state index is 4.34. The molecule has 0 amide bonds. The van der Waals surface area contributed by atoms with Crippen molar-refractivity contribution in [3.63, 3.8) is 0 Å². The molecule has 0 aromatic heterocycles. The van der Waals surface area contributed by atoms with Gasteiger partial charge in [-0.1, -0.05) is 0 Å². The van der Waals surface area contributed by atoms with E-state index >= 15 is 0 Å². The summed E-state index contributed by atoms with van der Waals surface area (Å²) in [5.74, 6) is 0. The van der Waals surface area contributed by atoms with E-state index in [2.05, 4.69) is 10.6 Å². The lowest BCUT2D eigenvalue weighted by molar-refractivity contribution is 0.355. The SMILES string of the molecule is CNC1CCCC[N]1. The second-order valence-corrected chi connectivity index (χ2v) is 2.21. The van der Waals surface area contributed by atoms with Crippen molar-refractivity contribution in [3.8, 4) is 0 Å². The van der Waals surface area contributed by atoms with Crippen molar-refractivity contribution in [1.29, 1.82) is 0 Å². The Morgan fingerprint density at radius 1 is 1.50 bits per heavy atom. The van der Waals surface area contributed by atoms with Crippen LogP contribution in [0.3, 0.4) is 0 Å². The van der Waals surface area contributed by atoms with Crippen molar-refractivity contribution in [1.82, 2.24) is 10.6 Å². The Kier molecular flexibility index (Phi) is 2.30. The van der Waals surface area contributed by atoms with E-state index in [0.29, 0.717) is 6.17 Å². The fourth-order valence-corrected chi connectivity index (χ4v) is 1.02. The lowest BCUT2D eigenvalue weighted by Crippen LogP contribution is -2.38. The Hall–Kier alpha value is -0.0800. The lowest BCUT2D eigenvalue weighted by Gasteiger charge is -2.20. The topological polar surface area (TPSA) is 26.1 Å². The van der Waals surface area contributed by atoms with Gasteiger partial charge in [-0.2, -0.15) is 0 Å². The van der Waals surface area contributed by atoms with E-state index in [1.165, 1.54) is 19.3 Å². The van der Waals surface area contributed by atoms with Crippen LogP contribution in [-0.2, 0) is 0 Å². The van der Waals surface area contributed by atoms with Crippen molar-refractivity contribution < 1.29 is 0 Å². The van der Waals surface area contributed by atoms with Crippen molar-refractivity contribution in [2.75, 3.05) is 13.6 Å². The Morgan fingerprint density at radius 2 is 2.38 bits per heavy atom. The summed E-state index contributed by atoms with van der Waals surface area (Å²) in [6.45, 7) is 1.06. The maximum Gasteiger partial charge on any atom is 0.0733 e. The molecule has 2 nitrogen and oxygen atoms in total. The van der Waals surface area contributed by atoms with Crippen molar-refractivity contribution >= 4 is 0 Å². The molecule has 1 N–H and O–H groups in total. The standard InChI is InChI=1S/C6H13N2/c1-7-6-4-2-3-5-8-6/h6-7H,2-5H2,1H3. The summed E-state index contributed by atoms with van der Waals surface area (Å²) in [6.07, 6.45) is 4.33. The molecule has 47 valence electrons. The van der Waals surface area contributed by atoms with Crippen molar-refractivity contribution in [2.24, 2.45) is 0 Å². The van der Waals surface area contributed by atoms with Gasteiger partial charge in [0.1, 0.15) is 0 Å². The molecule has 1 unspecified atom stereocenters. The zero-order chi connectivity index (χ0) is 5.82. The van der Waals surface area contributed by atoms with E-state index in [1.807, 2.05) is 7.05 Å². The van der Waals surface area contributed by atoms with E-state index in [9.17, 15) is 0 Å². The van der Waals surface area contributed by atoms with Gasteiger partial charge in [0.15, 0.2) is 0 Å². The molecule has 2 heteroatoms. The molecular weight excluding hydrogens is 100 g/mol. The van der Waals surface area contributed by atoms with E-state index in [-0.39, 0.29) is 0 Å². The molecular formula is C6H13N2. The second kappa shape index (κ2) is 3.05. The minimum atomic E-state index is 0.462. The maximum atomic E-state index is 4.34. The number of nitrogens with one attached hydrogen (secondary N) is 1. The number of nitrogens with zero attached hydrogens (tertiary/aromatic N) is 1. The van der Waals surface area contributed by atoms with Gasteiger partial charge in [-0.15, -0.1) is 0 Å². The Labute approximate surface area is 50.7 Å². The van der Waals surface area contributed by atoms with E-state index in [1.54, 1.807) is 0 Å². The third-order valence-electron chi connectivity index (χ3n) is 1.57. The van der Waals surface area contributed by atoms with Gasteiger partial charge in [-0.05, 0) is 26.3 Å². The predicted octanol–water partition coefficient (Wildman–Crippen LogP) is 0.320. The number of rotatable bonds is 1. The highest BCUT2D eigenvalue weighted by Crippen LogP contribution is 2.04. The predicted molar refractivity (Wildman–Crippen MR) is 33.7 cm³/mol. The van der Waals surface area contributed by atoms with Crippen LogP contribution in [0.1, 0.15) is 19.3 Å². The minimum absolute atomic E-state index is 0.462. The highest BCUT2D eigenvalue weighted by Gasteiger charge is 2.09. The third kappa shape index (κ3) is 1.46. The largest absolute Gasteiger partial charge is 0.304 e. The normalized spacial score (nSPS) is 30.4. The van der Waals surface area contributed by atoms with Crippen LogP contribution in [0.25, 0.3) is 0 Å². The van der Waals surface area contributed by atoms with Gasteiger partial charge >= 0.3 is 0 Å². The fourth-order valence-electron chi connectivity index (χ4n) is 1.02. The molecule has 1 atom stereocenters. The first-order chi connectivity index (χ1) is 3.93. The smallest absolute Gasteiger partial charge is 0.0733 e. The fraction of sp³-hybridized carbons (Fsp3) is 1.00. The average molecular weight is 113 g/mol. The second-order valence-electron chi connectivity index (χ2n) is 2.21. The first kappa shape index (κ1) is 6.05. The quantitative estimate of drug-likeness (QED) is 0.520. The number of piperidine rings is 1. The Morgan fingerprint density at radius 3 is 2.75 bits per heavy atom. The highest BCUT2D eigenvalue weighted by atomic mass is 15.1. The Bertz CT molecular complexity index is 57.5. The van der Waals surface area contributed by atoms with Crippen LogP contribution in [0.5, 0.6) is 0 Å². The van der Waals surface area contributed by atoms with Crippen LogP contribution in [0.15, 0.2) is 0 Å². The number of hydrogen-bond acceptors (Lipinski definition) is 1. The number of hydrogen-bond donors (Lipinski definition) is 1. The zero-order valence-corrected chi connectivity index (χ0v) is 5.35. The van der Waals surface area contributed by atoms with Gasteiger partial charge in [-0.3, -0.25) is 0 Å². The molecule has 0 aromatic rings. The van der Waals surface area contributed by atoms with Crippen molar-refractivity contribution in [3.05, 3.63) is 0 Å². The van der Waals surface area contributed by atoms with Gasteiger partial charge in [-0.25, -0.2) is 5.32 Å². The van der Waals surface area contributed by atoms with Crippen LogP contribution in [0.2, 0.25) is 0 Å². The van der Waals surface area contributed by atoms with Gasteiger partial charge in [0, 0.05) is 6.54 Å². The van der Waals surface area contributed by atoms with Crippen LogP contribution in [-0.4, -0.2) is 19.8 Å². The van der Waals surface area contributed by atoms with Crippen LogP contribution in [0, 0.1) is 0 Å². The van der Waals surface area contributed by atoms with Gasteiger partial charge in [0.05, 0.1) is 6.17 Å². The summed E-state index contributed by atoms with van der Waals surface area (Å²) in [5.41, 5.74) is 0. The molecule has 1 radical (unpaired) electrons. The van der Waals surface area contributed by atoms with Gasteiger partial charge in [0.2, 0.25) is 0 Å².